The summed E-state index contributed by atoms with van der Waals surface area (Å²) in [6.07, 6.45) is 0. The van der Waals surface area contributed by atoms with Gasteiger partial charge in [0.15, 0.2) is 11.6 Å². The third-order valence-corrected chi connectivity index (χ3v) is 3.30. The fourth-order valence-corrected chi connectivity index (χ4v) is 2.17. The summed E-state index contributed by atoms with van der Waals surface area (Å²) in [6.45, 7) is 0. The lowest BCUT2D eigenvalue weighted by Gasteiger charge is -2.10. The number of halogens is 4. The van der Waals surface area contributed by atoms with Crippen molar-refractivity contribution in [3.63, 3.8) is 0 Å². The maximum Gasteiger partial charge on any atom is 0.166 e. The fourth-order valence-electron chi connectivity index (χ4n) is 1.43. The van der Waals surface area contributed by atoms with E-state index in [0.717, 1.165) is 0 Å². The van der Waals surface area contributed by atoms with Crippen LogP contribution >= 0.6 is 39.1 Å². The minimum atomic E-state index is -0.445. The summed E-state index contributed by atoms with van der Waals surface area (Å²) in [5.74, 6) is 0.441. The molecule has 0 unspecified atom stereocenters. The number of hydrogen-bond donors (Lipinski definition) is 0. The van der Waals surface area contributed by atoms with Crippen molar-refractivity contribution in [1.29, 1.82) is 0 Å². The Morgan fingerprint density at radius 1 is 1.11 bits per heavy atom. The van der Waals surface area contributed by atoms with Crippen LogP contribution < -0.4 is 4.74 Å². The summed E-state index contributed by atoms with van der Waals surface area (Å²) < 4.78 is 19.8. The zero-order chi connectivity index (χ0) is 13.1. The number of ether oxygens (including phenoxy) is 1. The Kier molecular flexibility index (Phi) is 4.49. The molecule has 0 N–H and O–H groups in total. The summed E-state index contributed by atoms with van der Waals surface area (Å²) in [5.41, 5.74) is 0.714. The van der Waals surface area contributed by atoms with Gasteiger partial charge in [-0.3, -0.25) is 0 Å². The first-order valence-corrected chi connectivity index (χ1v) is 6.78. The second-order valence-corrected chi connectivity index (χ2v) is 5.18. The smallest absolute Gasteiger partial charge is 0.166 e. The molecule has 1 nitrogen and oxygen atoms in total. The van der Waals surface area contributed by atoms with Gasteiger partial charge in [-0.1, -0.05) is 27.5 Å². The van der Waals surface area contributed by atoms with E-state index >= 15 is 0 Å². The third kappa shape index (κ3) is 3.16. The Hall–Kier alpha value is -0.770. The van der Waals surface area contributed by atoms with Crippen LogP contribution in [0.2, 0.25) is 5.02 Å². The molecule has 0 atom stereocenters. The van der Waals surface area contributed by atoms with Crippen LogP contribution in [0.25, 0.3) is 0 Å². The highest BCUT2D eigenvalue weighted by atomic mass is 79.9. The SMILES string of the molecule is Fc1cc(Br)ccc1Oc1ccc(Cl)cc1CCl. The van der Waals surface area contributed by atoms with Gasteiger partial charge < -0.3 is 4.74 Å². The summed E-state index contributed by atoms with van der Waals surface area (Å²) >= 11 is 14.8. The predicted octanol–water partition coefficient (Wildman–Crippen LogP) is 5.77. The van der Waals surface area contributed by atoms with Gasteiger partial charge in [-0.2, -0.15) is 0 Å². The van der Waals surface area contributed by atoms with E-state index in [1.54, 1.807) is 30.3 Å². The Morgan fingerprint density at radius 3 is 2.50 bits per heavy atom. The topological polar surface area (TPSA) is 9.23 Å². The molecule has 18 heavy (non-hydrogen) atoms. The van der Waals surface area contributed by atoms with Gasteiger partial charge in [-0.05, 0) is 36.4 Å². The van der Waals surface area contributed by atoms with E-state index in [4.69, 9.17) is 27.9 Å². The standard InChI is InChI=1S/C13H8BrCl2FO/c14-9-1-3-13(11(17)6-9)18-12-4-2-10(16)5-8(12)7-15/h1-6H,7H2. The second-order valence-electron chi connectivity index (χ2n) is 3.56. The minimum Gasteiger partial charge on any atom is -0.454 e. The van der Waals surface area contributed by atoms with Crippen molar-refractivity contribution >= 4 is 39.1 Å². The van der Waals surface area contributed by atoms with Crippen molar-refractivity contribution in [1.82, 2.24) is 0 Å². The molecule has 0 spiro atoms. The van der Waals surface area contributed by atoms with Crippen LogP contribution in [0.15, 0.2) is 40.9 Å². The van der Waals surface area contributed by atoms with Crippen LogP contribution in [0.4, 0.5) is 4.39 Å². The average molecular weight is 350 g/mol. The number of benzene rings is 2. The summed E-state index contributed by atoms with van der Waals surface area (Å²) in [5, 5.41) is 0.564. The summed E-state index contributed by atoms with van der Waals surface area (Å²) in [7, 11) is 0. The highest BCUT2D eigenvalue weighted by molar-refractivity contribution is 9.10. The zero-order valence-electron chi connectivity index (χ0n) is 9.09. The second kappa shape index (κ2) is 5.91. The Bertz CT molecular complexity index is 575. The first-order valence-electron chi connectivity index (χ1n) is 5.07. The van der Waals surface area contributed by atoms with Crippen LogP contribution in [0.3, 0.4) is 0 Å². The molecule has 0 saturated carbocycles. The van der Waals surface area contributed by atoms with Crippen molar-refractivity contribution in [2.75, 3.05) is 0 Å². The van der Waals surface area contributed by atoms with Gasteiger partial charge in [0, 0.05) is 15.1 Å². The molecule has 94 valence electrons. The molecule has 0 aliphatic rings. The largest absolute Gasteiger partial charge is 0.454 e. The van der Waals surface area contributed by atoms with E-state index in [-0.39, 0.29) is 11.6 Å². The number of rotatable bonds is 3. The van der Waals surface area contributed by atoms with Gasteiger partial charge in [0.2, 0.25) is 0 Å². The molecule has 0 saturated heterocycles. The molecule has 0 heterocycles. The molecule has 0 fully saturated rings. The first-order chi connectivity index (χ1) is 8.60. The van der Waals surface area contributed by atoms with Crippen LogP contribution in [0.5, 0.6) is 11.5 Å². The van der Waals surface area contributed by atoms with Crippen molar-refractivity contribution < 1.29 is 9.13 Å². The van der Waals surface area contributed by atoms with Crippen LogP contribution in [0.1, 0.15) is 5.56 Å². The first kappa shape index (κ1) is 13.7. The Labute approximate surface area is 123 Å². The van der Waals surface area contributed by atoms with Gasteiger partial charge in [-0.15, -0.1) is 11.6 Å². The monoisotopic (exact) mass is 348 g/mol. The van der Waals surface area contributed by atoms with E-state index in [0.29, 0.717) is 20.8 Å². The molecule has 2 rings (SSSR count). The zero-order valence-corrected chi connectivity index (χ0v) is 12.2. The van der Waals surface area contributed by atoms with Crippen LogP contribution in [0, 0.1) is 5.82 Å². The third-order valence-electron chi connectivity index (χ3n) is 2.28. The van der Waals surface area contributed by atoms with E-state index in [2.05, 4.69) is 15.9 Å². The molecule has 0 aromatic heterocycles. The normalized spacial score (nSPS) is 10.4. The number of alkyl halides is 1. The van der Waals surface area contributed by atoms with Gasteiger partial charge >= 0.3 is 0 Å². The fraction of sp³-hybridized carbons (Fsp3) is 0.0769. The van der Waals surface area contributed by atoms with Gasteiger partial charge in [0.25, 0.3) is 0 Å². The molecule has 2 aromatic rings. The predicted molar refractivity (Wildman–Crippen MR) is 75.2 cm³/mol. The van der Waals surface area contributed by atoms with E-state index in [1.165, 1.54) is 6.07 Å². The lowest BCUT2D eigenvalue weighted by Crippen LogP contribution is -1.92. The van der Waals surface area contributed by atoms with Crippen LogP contribution in [-0.4, -0.2) is 0 Å². The molecule has 0 aliphatic carbocycles. The van der Waals surface area contributed by atoms with E-state index in [9.17, 15) is 4.39 Å². The molecule has 2 aromatic carbocycles. The van der Waals surface area contributed by atoms with Crippen molar-refractivity contribution in [2.24, 2.45) is 0 Å². The van der Waals surface area contributed by atoms with Crippen molar-refractivity contribution in [2.45, 2.75) is 5.88 Å². The molecule has 0 amide bonds. The molecular weight excluding hydrogens is 342 g/mol. The molecule has 5 heteroatoms. The minimum absolute atomic E-state index is 0.145. The molecule has 0 aliphatic heterocycles. The molecule has 0 bridgehead atoms. The maximum absolute atomic E-state index is 13.6. The lowest BCUT2D eigenvalue weighted by atomic mass is 10.2. The van der Waals surface area contributed by atoms with E-state index < -0.39 is 5.82 Å². The molecular formula is C13H8BrCl2FO. The van der Waals surface area contributed by atoms with Gasteiger partial charge in [-0.25, -0.2) is 4.39 Å². The van der Waals surface area contributed by atoms with Gasteiger partial charge in [0.1, 0.15) is 5.75 Å². The highest BCUT2D eigenvalue weighted by Crippen LogP contribution is 2.31. The number of hydrogen-bond acceptors (Lipinski definition) is 1. The Balaban J connectivity index is 2.33. The average Bonchev–Trinajstić information content (AvgIpc) is 2.34. The van der Waals surface area contributed by atoms with Crippen molar-refractivity contribution in [3.8, 4) is 11.5 Å². The lowest BCUT2D eigenvalue weighted by molar-refractivity contribution is 0.439. The summed E-state index contributed by atoms with van der Waals surface area (Å²) in [6, 6.07) is 9.62. The Morgan fingerprint density at radius 2 is 1.83 bits per heavy atom. The molecule has 0 radical (unpaired) electrons. The van der Waals surface area contributed by atoms with Crippen LogP contribution in [-0.2, 0) is 5.88 Å². The summed E-state index contributed by atoms with van der Waals surface area (Å²) in [4.78, 5) is 0. The van der Waals surface area contributed by atoms with Gasteiger partial charge in [0.05, 0.1) is 5.88 Å². The maximum atomic E-state index is 13.6. The van der Waals surface area contributed by atoms with Crippen molar-refractivity contribution in [3.05, 3.63) is 57.3 Å². The highest BCUT2D eigenvalue weighted by Gasteiger charge is 2.09. The van der Waals surface area contributed by atoms with E-state index in [1.807, 2.05) is 0 Å². The quantitative estimate of drug-likeness (QED) is 0.639.